The summed E-state index contributed by atoms with van der Waals surface area (Å²) in [5.41, 5.74) is 1.64. The Balaban J connectivity index is 1.63. The molecule has 1 unspecified atom stereocenters. The number of fused-ring (bicyclic) bond motifs is 1. The average Bonchev–Trinajstić information content (AvgIpc) is 3.52. The maximum absolute atomic E-state index is 6.21. The Labute approximate surface area is 189 Å². The molecule has 2 aromatic carbocycles. The van der Waals surface area contributed by atoms with Crippen LogP contribution in [0.2, 0.25) is 0 Å². The molecule has 1 aliphatic rings. The first-order valence-corrected chi connectivity index (χ1v) is 11.4. The van der Waals surface area contributed by atoms with Crippen LogP contribution in [-0.4, -0.2) is 30.5 Å². The molecular weight excluding hydrogens is 426 g/mol. The zero-order valence-corrected chi connectivity index (χ0v) is 18.7. The molecule has 2 aromatic heterocycles. The normalized spacial score (nSPS) is 16.6. The number of hydrogen-bond donors (Lipinski definition) is 0. The molecule has 32 heavy (non-hydrogen) atoms. The molecule has 0 N–H and O–H groups in total. The molecule has 1 aliphatic heterocycles. The molecule has 4 aromatic rings. The van der Waals surface area contributed by atoms with Crippen LogP contribution in [0.25, 0.3) is 22.3 Å². The van der Waals surface area contributed by atoms with Gasteiger partial charge in [-0.1, -0.05) is 11.3 Å². The van der Waals surface area contributed by atoms with Crippen LogP contribution in [0, 0.1) is 0 Å². The first kappa shape index (κ1) is 20.7. The Morgan fingerprint density at radius 3 is 2.69 bits per heavy atom. The topological polar surface area (TPSA) is 79.0 Å². The minimum absolute atomic E-state index is 0.0263. The zero-order chi connectivity index (χ0) is 21.9. The summed E-state index contributed by atoms with van der Waals surface area (Å²) in [6, 6.07) is 15.4. The van der Waals surface area contributed by atoms with Crippen molar-refractivity contribution in [2.24, 2.45) is 4.99 Å². The van der Waals surface area contributed by atoms with Crippen molar-refractivity contribution < 1.29 is 18.6 Å². The summed E-state index contributed by atoms with van der Waals surface area (Å²) in [6.45, 7) is 3.31. The molecule has 1 saturated heterocycles. The second kappa shape index (κ2) is 9.10. The lowest BCUT2D eigenvalue weighted by atomic mass is 10.1. The molecule has 3 heterocycles. The second-order valence-electron chi connectivity index (χ2n) is 7.35. The highest BCUT2D eigenvalue weighted by Crippen LogP contribution is 2.33. The van der Waals surface area contributed by atoms with Crippen molar-refractivity contribution in [1.29, 1.82) is 0 Å². The molecule has 0 amide bonds. The van der Waals surface area contributed by atoms with Crippen LogP contribution in [0.1, 0.15) is 30.9 Å². The van der Waals surface area contributed by atoms with E-state index in [0.29, 0.717) is 23.1 Å². The molecule has 164 valence electrons. The molecule has 0 radical (unpaired) electrons. The van der Waals surface area contributed by atoms with E-state index in [4.69, 9.17) is 23.6 Å². The Morgan fingerprint density at radius 1 is 1.09 bits per heavy atom. The second-order valence-corrected chi connectivity index (χ2v) is 8.34. The fourth-order valence-corrected chi connectivity index (χ4v) is 4.48. The molecule has 7 nitrogen and oxygen atoms in total. The molecular formula is C24H23N3O4S. The number of methoxy groups -OCH3 is 1. The van der Waals surface area contributed by atoms with Crippen molar-refractivity contribution >= 4 is 27.4 Å². The summed E-state index contributed by atoms with van der Waals surface area (Å²) < 4.78 is 22.9. The largest absolute Gasteiger partial charge is 0.497 e. The van der Waals surface area contributed by atoms with E-state index in [-0.39, 0.29) is 6.10 Å². The number of hydrogen-bond acceptors (Lipinski definition) is 8. The molecule has 0 saturated carbocycles. The van der Waals surface area contributed by atoms with Gasteiger partial charge in [0, 0.05) is 23.6 Å². The van der Waals surface area contributed by atoms with Crippen molar-refractivity contribution in [2.45, 2.75) is 25.9 Å². The maximum Gasteiger partial charge on any atom is 0.232 e. The quantitative estimate of drug-likeness (QED) is 0.390. The summed E-state index contributed by atoms with van der Waals surface area (Å²) >= 11 is 1.46. The van der Waals surface area contributed by atoms with E-state index in [0.717, 1.165) is 52.3 Å². The van der Waals surface area contributed by atoms with Gasteiger partial charge in [-0.3, -0.25) is 0 Å². The first-order chi connectivity index (χ1) is 15.7. The fourth-order valence-electron chi connectivity index (χ4n) is 3.67. The average molecular weight is 450 g/mol. The minimum Gasteiger partial charge on any atom is -0.497 e. The van der Waals surface area contributed by atoms with Gasteiger partial charge in [-0.25, -0.2) is 4.99 Å². The third-order valence-electron chi connectivity index (χ3n) is 5.25. The lowest BCUT2D eigenvalue weighted by molar-refractivity contribution is 0.111. The summed E-state index contributed by atoms with van der Waals surface area (Å²) in [6.07, 6.45) is 2.05. The van der Waals surface area contributed by atoms with Gasteiger partial charge in [0.05, 0.1) is 19.1 Å². The van der Waals surface area contributed by atoms with Crippen LogP contribution < -0.4 is 14.8 Å². The number of rotatable bonds is 6. The van der Waals surface area contributed by atoms with Gasteiger partial charge in [-0.05, 0) is 62.2 Å². The highest BCUT2D eigenvalue weighted by Gasteiger charge is 2.22. The van der Waals surface area contributed by atoms with E-state index < -0.39 is 0 Å². The van der Waals surface area contributed by atoms with Crippen LogP contribution >= 0.6 is 11.3 Å². The van der Waals surface area contributed by atoms with Crippen molar-refractivity contribution in [1.82, 2.24) is 10.2 Å². The van der Waals surface area contributed by atoms with Gasteiger partial charge in [0.15, 0.2) is 0 Å². The fraction of sp³-hybridized carbons (Fsp3) is 0.292. The standard InChI is InChI=1S/C24H23N3O4S/c1-3-29-17-10-11-20-18(13-17)19(14-22(31-20)15-6-8-16(28-2)9-7-15)25-24-27-26-23(32-24)21-5-4-12-30-21/h6-11,13-14,21H,3-5,12H2,1-2H3. The van der Waals surface area contributed by atoms with Gasteiger partial charge in [0.2, 0.25) is 5.13 Å². The van der Waals surface area contributed by atoms with Crippen molar-refractivity contribution in [3.8, 4) is 22.8 Å². The van der Waals surface area contributed by atoms with E-state index in [1.54, 1.807) is 7.11 Å². The third-order valence-corrected chi connectivity index (χ3v) is 6.16. The number of benzene rings is 2. The predicted octanol–water partition coefficient (Wildman–Crippen LogP) is 5.44. The minimum atomic E-state index is 0.0263. The van der Waals surface area contributed by atoms with Crippen molar-refractivity contribution in [3.63, 3.8) is 0 Å². The molecule has 1 atom stereocenters. The van der Waals surface area contributed by atoms with E-state index in [9.17, 15) is 0 Å². The van der Waals surface area contributed by atoms with Crippen molar-refractivity contribution in [3.05, 3.63) is 58.9 Å². The van der Waals surface area contributed by atoms with Gasteiger partial charge in [-0.15, -0.1) is 10.2 Å². The summed E-state index contributed by atoms with van der Waals surface area (Å²) in [4.78, 5) is 4.83. The summed E-state index contributed by atoms with van der Waals surface area (Å²) in [5, 5.41) is 11.7. The molecule has 1 fully saturated rings. The molecule has 5 rings (SSSR count). The first-order valence-electron chi connectivity index (χ1n) is 10.6. The Kier molecular flexibility index (Phi) is 5.87. The van der Waals surface area contributed by atoms with Gasteiger partial charge >= 0.3 is 0 Å². The molecule has 0 bridgehead atoms. The number of nitrogens with zero attached hydrogens (tertiary/aromatic N) is 3. The third kappa shape index (κ3) is 4.24. The molecule has 8 heteroatoms. The maximum atomic E-state index is 6.21. The van der Waals surface area contributed by atoms with Gasteiger partial charge in [-0.2, -0.15) is 0 Å². The smallest absolute Gasteiger partial charge is 0.232 e. The van der Waals surface area contributed by atoms with Crippen LogP contribution in [0.4, 0.5) is 5.13 Å². The van der Waals surface area contributed by atoms with Crippen LogP contribution in [-0.2, 0) is 4.74 Å². The lowest BCUT2D eigenvalue weighted by Gasteiger charge is -2.08. The number of ether oxygens (including phenoxy) is 3. The van der Waals surface area contributed by atoms with E-state index >= 15 is 0 Å². The predicted molar refractivity (Wildman–Crippen MR) is 122 cm³/mol. The van der Waals surface area contributed by atoms with Crippen LogP contribution in [0.5, 0.6) is 11.5 Å². The zero-order valence-electron chi connectivity index (χ0n) is 17.9. The van der Waals surface area contributed by atoms with Crippen LogP contribution in [0.15, 0.2) is 57.9 Å². The van der Waals surface area contributed by atoms with E-state index in [1.165, 1.54) is 11.3 Å². The summed E-state index contributed by atoms with van der Waals surface area (Å²) in [7, 11) is 1.65. The van der Waals surface area contributed by atoms with Gasteiger partial charge in [0.25, 0.3) is 0 Å². The highest BCUT2D eigenvalue weighted by molar-refractivity contribution is 7.15. The molecule has 0 spiro atoms. The van der Waals surface area contributed by atoms with Gasteiger partial charge in [0.1, 0.15) is 34.0 Å². The lowest BCUT2D eigenvalue weighted by Crippen LogP contribution is -2.04. The monoisotopic (exact) mass is 449 g/mol. The van der Waals surface area contributed by atoms with E-state index in [1.807, 2.05) is 55.5 Å². The van der Waals surface area contributed by atoms with Crippen molar-refractivity contribution in [2.75, 3.05) is 20.3 Å². The van der Waals surface area contributed by atoms with Crippen LogP contribution in [0.3, 0.4) is 0 Å². The Hall–Kier alpha value is -3.23. The van der Waals surface area contributed by atoms with E-state index in [2.05, 4.69) is 10.2 Å². The summed E-state index contributed by atoms with van der Waals surface area (Å²) in [5.74, 6) is 2.25. The molecule has 0 aliphatic carbocycles. The SMILES string of the molecule is CCOc1ccc2oc(-c3ccc(OC)cc3)cc(=Nc3nnc(C4CCCO4)s3)c2c1. The van der Waals surface area contributed by atoms with Gasteiger partial charge < -0.3 is 18.6 Å². The Bertz CT molecular complexity index is 1290. The Morgan fingerprint density at radius 2 is 1.94 bits per heavy atom. The number of aromatic nitrogens is 2. The highest BCUT2D eigenvalue weighted by atomic mass is 32.1.